The van der Waals surface area contributed by atoms with E-state index in [1.54, 1.807) is 14.2 Å². The molecule has 8 heteroatoms. The standard InChI is InChI=1S/C9H19NO3S.O2S/c1-10(14(3,11)12)8-4-6-9(13-2)7-5-8;1-3-2/h8-9H,4-7H2,1-3H3;. The molecule has 0 bridgehead atoms. The van der Waals surface area contributed by atoms with E-state index >= 15 is 0 Å². The van der Waals surface area contributed by atoms with Gasteiger partial charge in [0.1, 0.15) is 0 Å². The van der Waals surface area contributed by atoms with Crippen LogP contribution in [-0.4, -0.2) is 53.7 Å². The maximum Gasteiger partial charge on any atom is 0.335 e. The lowest BCUT2D eigenvalue weighted by molar-refractivity contribution is 0.0554. The first-order valence-electron chi connectivity index (χ1n) is 5.24. The Morgan fingerprint density at radius 2 is 1.59 bits per heavy atom. The molecule has 0 aliphatic heterocycles. The number of hydrogen-bond acceptors (Lipinski definition) is 5. The summed E-state index contributed by atoms with van der Waals surface area (Å²) in [5.74, 6) is 0. The monoisotopic (exact) mass is 285 g/mol. The summed E-state index contributed by atoms with van der Waals surface area (Å²) in [6.45, 7) is 0. The van der Waals surface area contributed by atoms with Crippen LogP contribution in [0.25, 0.3) is 0 Å². The van der Waals surface area contributed by atoms with E-state index < -0.39 is 21.6 Å². The Labute approximate surface area is 106 Å². The smallest absolute Gasteiger partial charge is 0.335 e. The van der Waals surface area contributed by atoms with Gasteiger partial charge >= 0.3 is 11.6 Å². The van der Waals surface area contributed by atoms with Crippen molar-refractivity contribution < 1.29 is 21.6 Å². The summed E-state index contributed by atoms with van der Waals surface area (Å²) < 4.78 is 45.9. The van der Waals surface area contributed by atoms with Crippen molar-refractivity contribution in [3.8, 4) is 0 Å². The first-order chi connectivity index (χ1) is 7.86. The van der Waals surface area contributed by atoms with Gasteiger partial charge in [0.05, 0.1) is 12.4 Å². The van der Waals surface area contributed by atoms with Gasteiger partial charge in [0.25, 0.3) is 0 Å². The molecule has 0 radical (unpaired) electrons. The molecule has 1 aliphatic carbocycles. The van der Waals surface area contributed by atoms with E-state index in [0.29, 0.717) is 6.10 Å². The Morgan fingerprint density at radius 1 is 1.18 bits per heavy atom. The van der Waals surface area contributed by atoms with Gasteiger partial charge in [-0.25, -0.2) is 12.7 Å². The van der Waals surface area contributed by atoms with Crippen LogP contribution in [0.5, 0.6) is 0 Å². The van der Waals surface area contributed by atoms with E-state index in [0.717, 1.165) is 25.7 Å². The molecule has 0 unspecified atom stereocenters. The zero-order valence-corrected chi connectivity index (χ0v) is 11.9. The molecule has 102 valence electrons. The Bertz CT molecular complexity index is 342. The maximum atomic E-state index is 11.3. The predicted molar refractivity (Wildman–Crippen MR) is 64.6 cm³/mol. The average molecular weight is 285 g/mol. The van der Waals surface area contributed by atoms with Gasteiger partial charge in [0.2, 0.25) is 10.0 Å². The molecule has 0 saturated heterocycles. The number of sulfonamides is 1. The normalized spacial score (nSPS) is 24.9. The maximum absolute atomic E-state index is 11.3. The lowest BCUT2D eigenvalue weighted by Crippen LogP contribution is -2.39. The van der Waals surface area contributed by atoms with Gasteiger partial charge < -0.3 is 4.74 Å². The van der Waals surface area contributed by atoms with Crippen molar-refractivity contribution in [2.24, 2.45) is 0 Å². The van der Waals surface area contributed by atoms with Crippen molar-refractivity contribution in [3.05, 3.63) is 0 Å². The van der Waals surface area contributed by atoms with Gasteiger partial charge in [-0.05, 0) is 25.7 Å². The Hall–Kier alpha value is -0.310. The lowest BCUT2D eigenvalue weighted by atomic mass is 9.93. The van der Waals surface area contributed by atoms with Crippen LogP contribution in [0, 0.1) is 0 Å². The summed E-state index contributed by atoms with van der Waals surface area (Å²) in [5.41, 5.74) is 0. The van der Waals surface area contributed by atoms with E-state index in [1.165, 1.54) is 10.6 Å². The molecule has 6 nitrogen and oxygen atoms in total. The van der Waals surface area contributed by atoms with Gasteiger partial charge in [0, 0.05) is 20.2 Å². The summed E-state index contributed by atoms with van der Waals surface area (Å²) in [5, 5.41) is 0. The number of nitrogens with zero attached hydrogens (tertiary/aromatic N) is 1. The lowest BCUT2D eigenvalue weighted by Gasteiger charge is -2.32. The van der Waals surface area contributed by atoms with Crippen LogP contribution < -0.4 is 0 Å². The zero-order valence-electron chi connectivity index (χ0n) is 10.3. The van der Waals surface area contributed by atoms with Crippen LogP contribution in [0.4, 0.5) is 0 Å². The molecular weight excluding hydrogens is 266 g/mol. The van der Waals surface area contributed by atoms with Crippen molar-refractivity contribution in [1.82, 2.24) is 4.31 Å². The van der Waals surface area contributed by atoms with Crippen LogP contribution in [0.3, 0.4) is 0 Å². The van der Waals surface area contributed by atoms with Crippen LogP contribution >= 0.6 is 0 Å². The zero-order chi connectivity index (χ0) is 13.5. The largest absolute Gasteiger partial charge is 0.381 e. The molecule has 0 aromatic carbocycles. The Kier molecular flexibility index (Phi) is 7.77. The van der Waals surface area contributed by atoms with E-state index in [2.05, 4.69) is 0 Å². The number of hydrogen-bond donors (Lipinski definition) is 0. The van der Waals surface area contributed by atoms with Crippen LogP contribution in [-0.2, 0) is 26.3 Å². The molecular formula is C9H19NO5S2. The second-order valence-electron chi connectivity index (χ2n) is 4.01. The highest BCUT2D eigenvalue weighted by Crippen LogP contribution is 2.24. The first-order valence-corrected chi connectivity index (χ1v) is 7.75. The summed E-state index contributed by atoms with van der Waals surface area (Å²) >= 11 is -0.750. The summed E-state index contributed by atoms with van der Waals surface area (Å²) in [6, 6.07) is 0.163. The van der Waals surface area contributed by atoms with Crippen molar-refractivity contribution in [1.29, 1.82) is 0 Å². The van der Waals surface area contributed by atoms with Crippen LogP contribution in [0.2, 0.25) is 0 Å². The molecule has 0 amide bonds. The van der Waals surface area contributed by atoms with Crippen molar-refractivity contribution >= 4 is 21.6 Å². The van der Waals surface area contributed by atoms with Crippen molar-refractivity contribution in [2.75, 3.05) is 20.4 Å². The second kappa shape index (κ2) is 7.91. The highest BCUT2D eigenvalue weighted by Gasteiger charge is 2.27. The fourth-order valence-corrected chi connectivity index (χ4v) is 2.67. The number of methoxy groups -OCH3 is 1. The molecule has 1 rings (SSSR count). The Morgan fingerprint density at radius 3 is 1.88 bits per heavy atom. The molecule has 0 aromatic rings. The molecule has 1 aliphatic rings. The quantitative estimate of drug-likeness (QED) is 0.738. The van der Waals surface area contributed by atoms with Gasteiger partial charge in [-0.15, -0.1) is 0 Å². The molecule has 0 heterocycles. The molecule has 0 atom stereocenters. The second-order valence-corrected chi connectivity index (χ2v) is 6.19. The third-order valence-electron chi connectivity index (χ3n) is 3.01. The molecule has 0 spiro atoms. The predicted octanol–water partition coefficient (Wildman–Crippen LogP) is 0.165. The van der Waals surface area contributed by atoms with Gasteiger partial charge in [0.15, 0.2) is 0 Å². The minimum Gasteiger partial charge on any atom is -0.381 e. The topological polar surface area (TPSA) is 80.8 Å². The highest BCUT2D eigenvalue weighted by atomic mass is 32.2. The fourth-order valence-electron chi connectivity index (χ4n) is 1.92. The van der Waals surface area contributed by atoms with Gasteiger partial charge in [-0.3, -0.25) is 0 Å². The minimum absolute atomic E-state index is 0.163. The Balaban J connectivity index is 0.000000770. The minimum atomic E-state index is -3.03. The van der Waals surface area contributed by atoms with Gasteiger partial charge in [-0.1, -0.05) is 0 Å². The average Bonchev–Trinajstić information content (AvgIpc) is 2.28. The number of ether oxygens (including phenoxy) is 1. The van der Waals surface area contributed by atoms with Crippen molar-refractivity contribution in [2.45, 2.75) is 37.8 Å². The van der Waals surface area contributed by atoms with E-state index in [4.69, 9.17) is 13.2 Å². The summed E-state index contributed by atoms with van der Waals surface area (Å²) in [6.07, 6.45) is 5.31. The molecule has 0 aromatic heterocycles. The van der Waals surface area contributed by atoms with Crippen LogP contribution in [0.1, 0.15) is 25.7 Å². The van der Waals surface area contributed by atoms with Crippen LogP contribution in [0.15, 0.2) is 0 Å². The first kappa shape index (κ1) is 16.7. The third kappa shape index (κ3) is 6.25. The molecule has 1 fully saturated rings. The third-order valence-corrected chi connectivity index (χ3v) is 4.36. The SMILES string of the molecule is COC1CCC(N(C)S(C)(=O)=O)CC1.O=S=O. The molecule has 0 N–H and O–H groups in total. The molecule has 1 saturated carbocycles. The van der Waals surface area contributed by atoms with Gasteiger partial charge in [-0.2, -0.15) is 8.42 Å². The van der Waals surface area contributed by atoms with E-state index in [9.17, 15) is 8.42 Å². The molecule has 17 heavy (non-hydrogen) atoms. The van der Waals surface area contributed by atoms with E-state index in [-0.39, 0.29) is 6.04 Å². The number of rotatable bonds is 3. The van der Waals surface area contributed by atoms with Crippen molar-refractivity contribution in [3.63, 3.8) is 0 Å². The summed E-state index contributed by atoms with van der Waals surface area (Å²) in [4.78, 5) is 0. The summed E-state index contributed by atoms with van der Waals surface area (Å²) in [7, 11) is 0.339. The highest BCUT2D eigenvalue weighted by molar-refractivity contribution is 7.88. The van der Waals surface area contributed by atoms with E-state index in [1.807, 2.05) is 0 Å². The fraction of sp³-hybridized carbons (Fsp3) is 1.00.